The van der Waals surface area contributed by atoms with Crippen LogP contribution in [0.25, 0.3) is 0 Å². The summed E-state index contributed by atoms with van der Waals surface area (Å²) in [6.45, 7) is 11.5. The summed E-state index contributed by atoms with van der Waals surface area (Å²) >= 11 is 2.01. The molecule has 0 aliphatic heterocycles. The summed E-state index contributed by atoms with van der Waals surface area (Å²) in [6.07, 6.45) is 5.00. The lowest BCUT2D eigenvalue weighted by Crippen LogP contribution is -2.42. The number of rotatable bonds is 4. The van der Waals surface area contributed by atoms with Crippen molar-refractivity contribution in [3.8, 4) is 0 Å². The average molecular weight is 306 g/mol. The van der Waals surface area contributed by atoms with Crippen molar-refractivity contribution in [2.45, 2.75) is 76.5 Å². The van der Waals surface area contributed by atoms with Gasteiger partial charge in [0.05, 0.1) is 0 Å². The third-order valence-electron chi connectivity index (χ3n) is 5.47. The maximum Gasteiger partial charge on any atom is 0.0249 e. The van der Waals surface area contributed by atoms with Crippen molar-refractivity contribution in [1.82, 2.24) is 0 Å². The van der Waals surface area contributed by atoms with Crippen molar-refractivity contribution in [2.75, 3.05) is 0 Å². The predicted octanol–water partition coefficient (Wildman–Crippen LogP) is 5.33. The van der Waals surface area contributed by atoms with Crippen LogP contribution in [0, 0.1) is 25.2 Å². The number of hydrogen-bond donors (Lipinski definition) is 1. The largest absolute Gasteiger partial charge is 0.327 e. The first-order valence-electron chi connectivity index (χ1n) is 8.33. The van der Waals surface area contributed by atoms with E-state index in [1.54, 1.807) is 0 Å². The van der Waals surface area contributed by atoms with E-state index in [1.165, 1.54) is 41.7 Å². The van der Waals surface area contributed by atoms with Gasteiger partial charge in [-0.15, -0.1) is 11.8 Å². The van der Waals surface area contributed by atoms with E-state index in [4.69, 9.17) is 5.73 Å². The van der Waals surface area contributed by atoms with Crippen LogP contribution in [0.1, 0.15) is 57.6 Å². The lowest BCUT2D eigenvalue weighted by molar-refractivity contribution is 0.148. The van der Waals surface area contributed by atoms with E-state index in [1.807, 2.05) is 11.8 Å². The van der Waals surface area contributed by atoms with E-state index in [9.17, 15) is 0 Å². The zero-order chi connectivity index (χ0) is 15.6. The molecule has 3 atom stereocenters. The van der Waals surface area contributed by atoms with Crippen LogP contribution in [-0.4, -0.2) is 11.3 Å². The normalized spacial score (nSPS) is 26.9. The Balaban J connectivity index is 2.10. The molecule has 0 aromatic heterocycles. The molecule has 0 bridgehead atoms. The Morgan fingerprint density at radius 2 is 1.95 bits per heavy atom. The molecule has 2 N–H and O–H groups in total. The van der Waals surface area contributed by atoms with Crippen LogP contribution in [0.15, 0.2) is 23.1 Å². The Morgan fingerprint density at radius 3 is 2.57 bits per heavy atom. The summed E-state index contributed by atoms with van der Waals surface area (Å²) in [5.74, 6) is 0.811. The van der Waals surface area contributed by atoms with Gasteiger partial charge < -0.3 is 5.73 Å². The first-order chi connectivity index (χ1) is 9.83. The molecule has 0 amide bonds. The number of thioether (sulfide) groups is 1. The molecule has 1 aromatic rings. The van der Waals surface area contributed by atoms with Crippen LogP contribution in [0.5, 0.6) is 0 Å². The molecule has 1 aliphatic carbocycles. The maximum absolute atomic E-state index is 6.43. The van der Waals surface area contributed by atoms with Gasteiger partial charge in [-0.05, 0) is 56.1 Å². The summed E-state index contributed by atoms with van der Waals surface area (Å²) in [4.78, 5) is 1.41. The highest BCUT2D eigenvalue weighted by atomic mass is 32.2. The second-order valence-corrected chi connectivity index (χ2v) is 8.72. The monoisotopic (exact) mass is 305 g/mol. The highest BCUT2D eigenvalue weighted by Gasteiger charge is 2.36. The zero-order valence-corrected chi connectivity index (χ0v) is 15.1. The molecule has 1 aromatic carbocycles. The molecule has 0 spiro atoms. The van der Waals surface area contributed by atoms with Crippen LogP contribution in [0.3, 0.4) is 0 Å². The zero-order valence-electron chi connectivity index (χ0n) is 14.3. The summed E-state index contributed by atoms with van der Waals surface area (Å²) in [6, 6.07) is 7.12. The second kappa shape index (κ2) is 6.75. The van der Waals surface area contributed by atoms with Crippen molar-refractivity contribution in [1.29, 1.82) is 0 Å². The first kappa shape index (κ1) is 16.9. The van der Waals surface area contributed by atoms with Gasteiger partial charge >= 0.3 is 0 Å². The van der Waals surface area contributed by atoms with Gasteiger partial charge in [0.15, 0.2) is 0 Å². The molecule has 0 radical (unpaired) electrons. The number of hydrogen-bond acceptors (Lipinski definition) is 2. The number of aryl methyl sites for hydroxylation is 2. The molecule has 0 saturated heterocycles. The van der Waals surface area contributed by atoms with Crippen LogP contribution in [-0.2, 0) is 0 Å². The quantitative estimate of drug-likeness (QED) is 0.814. The van der Waals surface area contributed by atoms with Crippen LogP contribution >= 0.6 is 11.8 Å². The van der Waals surface area contributed by atoms with Crippen molar-refractivity contribution in [2.24, 2.45) is 17.1 Å². The average Bonchev–Trinajstić information content (AvgIpc) is 2.43. The molecule has 3 unspecified atom stereocenters. The molecular weight excluding hydrogens is 274 g/mol. The third kappa shape index (κ3) is 4.04. The summed E-state index contributed by atoms with van der Waals surface area (Å²) in [5.41, 5.74) is 9.61. The van der Waals surface area contributed by atoms with Crippen molar-refractivity contribution < 1.29 is 0 Å². The topological polar surface area (TPSA) is 26.0 Å². The molecular formula is C19H31NS. The van der Waals surface area contributed by atoms with E-state index in [2.05, 4.69) is 52.8 Å². The molecule has 1 fully saturated rings. The van der Waals surface area contributed by atoms with Gasteiger partial charge in [0.1, 0.15) is 0 Å². The highest BCUT2D eigenvalue weighted by molar-refractivity contribution is 8.00. The fourth-order valence-corrected chi connectivity index (χ4v) is 4.74. The molecule has 1 aliphatic rings. The van der Waals surface area contributed by atoms with Gasteiger partial charge in [-0.1, -0.05) is 44.9 Å². The Morgan fingerprint density at radius 1 is 1.24 bits per heavy atom. The smallest absolute Gasteiger partial charge is 0.0249 e. The maximum atomic E-state index is 6.43. The van der Waals surface area contributed by atoms with Gasteiger partial charge in [-0.2, -0.15) is 0 Å². The van der Waals surface area contributed by atoms with Gasteiger partial charge in [-0.25, -0.2) is 0 Å². The standard InChI is InChI=1S/C19H31NS/c1-6-19(4,5)15-8-9-16(20)18(12-15)21-17-10-7-13(2)11-14(17)3/h7,10-11,15-16,18H,6,8-9,12,20H2,1-5H3. The lowest BCUT2D eigenvalue weighted by Gasteiger charge is -2.42. The van der Waals surface area contributed by atoms with Crippen LogP contribution in [0.2, 0.25) is 0 Å². The SMILES string of the molecule is CCC(C)(C)C1CCC(N)C(Sc2ccc(C)cc2C)C1. The third-order valence-corrected chi connectivity index (χ3v) is 7.02. The van der Waals surface area contributed by atoms with Gasteiger partial charge in [0, 0.05) is 16.2 Å². The molecule has 2 heteroatoms. The Kier molecular flexibility index (Phi) is 5.43. The summed E-state index contributed by atoms with van der Waals surface area (Å²) in [7, 11) is 0. The van der Waals surface area contributed by atoms with E-state index in [0.717, 1.165) is 5.92 Å². The summed E-state index contributed by atoms with van der Waals surface area (Å²) in [5, 5.41) is 0.566. The van der Waals surface area contributed by atoms with Crippen molar-refractivity contribution >= 4 is 11.8 Å². The van der Waals surface area contributed by atoms with E-state index >= 15 is 0 Å². The lowest BCUT2D eigenvalue weighted by atomic mass is 9.69. The molecule has 0 heterocycles. The minimum Gasteiger partial charge on any atom is -0.327 e. The van der Waals surface area contributed by atoms with E-state index < -0.39 is 0 Å². The predicted molar refractivity (Wildman–Crippen MR) is 94.9 cm³/mol. The van der Waals surface area contributed by atoms with Gasteiger partial charge in [0.25, 0.3) is 0 Å². The highest BCUT2D eigenvalue weighted by Crippen LogP contribution is 2.44. The van der Waals surface area contributed by atoms with Gasteiger partial charge in [0.2, 0.25) is 0 Å². The molecule has 1 saturated carbocycles. The number of nitrogens with two attached hydrogens (primary N) is 1. The van der Waals surface area contributed by atoms with Crippen LogP contribution in [0.4, 0.5) is 0 Å². The number of benzene rings is 1. The Bertz CT molecular complexity index is 480. The van der Waals surface area contributed by atoms with Crippen molar-refractivity contribution in [3.05, 3.63) is 29.3 Å². The molecule has 21 heavy (non-hydrogen) atoms. The second-order valence-electron chi connectivity index (χ2n) is 7.44. The molecule has 118 valence electrons. The Hall–Kier alpha value is -0.470. The van der Waals surface area contributed by atoms with E-state index in [0.29, 0.717) is 16.7 Å². The molecule has 2 rings (SSSR count). The fourth-order valence-electron chi connectivity index (χ4n) is 3.38. The van der Waals surface area contributed by atoms with Crippen molar-refractivity contribution in [3.63, 3.8) is 0 Å². The van der Waals surface area contributed by atoms with Crippen LogP contribution < -0.4 is 5.73 Å². The van der Waals surface area contributed by atoms with Gasteiger partial charge in [-0.3, -0.25) is 0 Å². The summed E-state index contributed by atoms with van der Waals surface area (Å²) < 4.78 is 0. The van der Waals surface area contributed by atoms with E-state index in [-0.39, 0.29) is 0 Å². The molecule has 1 nitrogen and oxygen atoms in total. The Labute approximate surface area is 135 Å². The first-order valence-corrected chi connectivity index (χ1v) is 9.21. The fraction of sp³-hybridized carbons (Fsp3) is 0.684. The minimum atomic E-state index is 0.347. The minimum absolute atomic E-state index is 0.347.